The Hall–Kier alpha value is -2.54. The van der Waals surface area contributed by atoms with E-state index >= 15 is 0 Å². The molecule has 1 amide bonds. The van der Waals surface area contributed by atoms with E-state index in [9.17, 15) is 4.79 Å². The second-order valence-corrected chi connectivity index (χ2v) is 9.58. The molecule has 3 nitrogen and oxygen atoms in total. The number of carbonyl (C=O) groups excluding carboxylic acids is 1. The molecule has 146 valence electrons. The van der Waals surface area contributed by atoms with Gasteiger partial charge in [0.2, 0.25) is 0 Å². The minimum absolute atomic E-state index is 0.155. The van der Waals surface area contributed by atoms with Gasteiger partial charge in [0.15, 0.2) is 0 Å². The molecular weight excluding hydrogens is 524 g/mol. The van der Waals surface area contributed by atoms with Crippen molar-refractivity contribution < 1.29 is 4.79 Å². The van der Waals surface area contributed by atoms with Crippen molar-refractivity contribution in [2.45, 2.75) is 0 Å². The number of anilines is 1. The highest BCUT2D eigenvalue weighted by Crippen LogP contribution is 2.40. The van der Waals surface area contributed by atoms with E-state index in [1.807, 2.05) is 72.8 Å². The number of benzene rings is 4. The molecule has 5 aromatic rings. The lowest BCUT2D eigenvalue weighted by Gasteiger charge is -2.14. The zero-order valence-corrected chi connectivity index (χ0v) is 19.5. The minimum Gasteiger partial charge on any atom is -0.320 e. The number of hydrogen-bond donors (Lipinski definition) is 1. The Labute approximate surface area is 194 Å². The predicted octanol–water partition coefficient (Wildman–Crippen LogP) is 7.89. The van der Waals surface area contributed by atoms with Crippen LogP contribution in [0.5, 0.6) is 0 Å². The van der Waals surface area contributed by atoms with Crippen molar-refractivity contribution in [1.82, 2.24) is 4.98 Å². The number of fused-ring (bicyclic) bond motifs is 2. The second kappa shape index (κ2) is 7.95. The van der Waals surface area contributed by atoms with Crippen molar-refractivity contribution in [3.8, 4) is 10.6 Å². The van der Waals surface area contributed by atoms with Crippen LogP contribution in [0.3, 0.4) is 0 Å². The number of nitrogens with one attached hydrogen (secondary N) is 1. The summed E-state index contributed by atoms with van der Waals surface area (Å²) in [5, 5.41) is 5.93. The molecule has 30 heavy (non-hydrogen) atoms. The number of aromatic nitrogens is 1. The first kappa shape index (κ1) is 19.4. The molecule has 6 heteroatoms. The molecule has 0 spiro atoms. The zero-order valence-electron chi connectivity index (χ0n) is 15.5. The minimum atomic E-state index is -0.155. The van der Waals surface area contributed by atoms with Crippen molar-refractivity contribution in [3.05, 3.63) is 93.4 Å². The summed E-state index contributed by atoms with van der Waals surface area (Å²) in [6.45, 7) is 0. The third-order valence-electron chi connectivity index (χ3n) is 4.85. The fourth-order valence-electron chi connectivity index (χ4n) is 3.46. The number of thiazole rings is 1. The summed E-state index contributed by atoms with van der Waals surface area (Å²) in [6.07, 6.45) is 0. The Kier molecular flexibility index (Phi) is 5.15. The molecule has 0 saturated carbocycles. The quantitative estimate of drug-likeness (QED) is 0.254. The number of para-hydroxylation sites is 1. The predicted molar refractivity (Wildman–Crippen MR) is 132 cm³/mol. The lowest BCUT2D eigenvalue weighted by atomic mass is 10.0. The molecule has 4 aromatic carbocycles. The van der Waals surface area contributed by atoms with Crippen molar-refractivity contribution >= 4 is 75.8 Å². The number of nitrogens with zero attached hydrogens (tertiary/aromatic N) is 1. The molecule has 0 radical (unpaired) electrons. The van der Waals surface area contributed by atoms with Gasteiger partial charge in [-0.15, -0.1) is 11.3 Å². The fraction of sp³-hybridized carbons (Fsp3) is 0. The first-order valence-corrected chi connectivity index (χ1v) is 11.6. The molecule has 0 aliphatic heterocycles. The van der Waals surface area contributed by atoms with Crippen molar-refractivity contribution in [3.63, 3.8) is 0 Å². The van der Waals surface area contributed by atoms with Crippen LogP contribution >= 0.6 is 43.2 Å². The number of hydrogen-bond acceptors (Lipinski definition) is 3. The molecule has 0 fully saturated rings. The summed E-state index contributed by atoms with van der Waals surface area (Å²) < 4.78 is 2.81. The number of halogens is 2. The van der Waals surface area contributed by atoms with Crippen LogP contribution in [0.4, 0.5) is 5.69 Å². The third kappa shape index (κ3) is 3.55. The van der Waals surface area contributed by atoms with Gasteiger partial charge in [0.25, 0.3) is 5.91 Å². The third-order valence-corrected chi connectivity index (χ3v) is 7.01. The van der Waals surface area contributed by atoms with Crippen molar-refractivity contribution in [2.75, 3.05) is 5.32 Å². The molecule has 0 aliphatic rings. The lowest BCUT2D eigenvalue weighted by Crippen LogP contribution is -2.13. The average Bonchev–Trinajstić information content (AvgIpc) is 3.19. The Morgan fingerprint density at radius 2 is 1.67 bits per heavy atom. The van der Waals surface area contributed by atoms with E-state index in [2.05, 4.69) is 43.2 Å². The van der Waals surface area contributed by atoms with E-state index < -0.39 is 0 Å². The van der Waals surface area contributed by atoms with Crippen LogP contribution in [0.15, 0.2) is 87.8 Å². The van der Waals surface area contributed by atoms with E-state index in [1.165, 1.54) is 0 Å². The van der Waals surface area contributed by atoms with Crippen LogP contribution in [-0.4, -0.2) is 10.9 Å². The Bertz CT molecular complexity index is 1390. The molecule has 0 bridgehead atoms. The SMILES string of the molecule is O=C(Nc1c(Br)cc(Br)cc1-c1nc2ccccc2s1)c1cccc2ccccc12. The van der Waals surface area contributed by atoms with Crippen LogP contribution in [0.25, 0.3) is 31.6 Å². The smallest absolute Gasteiger partial charge is 0.256 e. The molecule has 0 saturated heterocycles. The molecule has 1 N–H and O–H groups in total. The first-order valence-electron chi connectivity index (χ1n) is 9.24. The lowest BCUT2D eigenvalue weighted by molar-refractivity contribution is 0.102. The Morgan fingerprint density at radius 3 is 2.53 bits per heavy atom. The van der Waals surface area contributed by atoms with Gasteiger partial charge in [0.05, 0.1) is 15.9 Å². The van der Waals surface area contributed by atoms with E-state index in [4.69, 9.17) is 4.98 Å². The number of amides is 1. The van der Waals surface area contributed by atoms with Crippen LogP contribution in [0.1, 0.15) is 10.4 Å². The van der Waals surface area contributed by atoms with Gasteiger partial charge in [-0.05, 0) is 57.0 Å². The highest BCUT2D eigenvalue weighted by atomic mass is 79.9. The average molecular weight is 538 g/mol. The molecule has 0 unspecified atom stereocenters. The van der Waals surface area contributed by atoms with Gasteiger partial charge in [-0.3, -0.25) is 4.79 Å². The molecule has 5 rings (SSSR count). The maximum absolute atomic E-state index is 13.3. The summed E-state index contributed by atoms with van der Waals surface area (Å²) >= 11 is 8.79. The van der Waals surface area contributed by atoms with E-state index in [-0.39, 0.29) is 5.91 Å². The first-order chi connectivity index (χ1) is 14.6. The Morgan fingerprint density at radius 1 is 0.900 bits per heavy atom. The van der Waals surface area contributed by atoms with Gasteiger partial charge in [0, 0.05) is 20.1 Å². The van der Waals surface area contributed by atoms with Gasteiger partial charge in [-0.1, -0.05) is 64.5 Å². The van der Waals surface area contributed by atoms with E-state index in [0.717, 1.165) is 40.5 Å². The topological polar surface area (TPSA) is 42.0 Å². The monoisotopic (exact) mass is 536 g/mol. The van der Waals surface area contributed by atoms with Crippen molar-refractivity contribution in [1.29, 1.82) is 0 Å². The van der Waals surface area contributed by atoms with E-state index in [1.54, 1.807) is 11.3 Å². The standard InChI is InChI=1S/C24H14Br2N2OS/c25-15-12-18(24-27-20-10-3-4-11-21(20)30-24)22(19(26)13-15)28-23(29)17-9-5-7-14-6-1-2-8-16(14)17/h1-13H,(H,28,29). The normalized spacial score (nSPS) is 11.1. The van der Waals surface area contributed by atoms with Gasteiger partial charge in [-0.25, -0.2) is 4.98 Å². The van der Waals surface area contributed by atoms with Gasteiger partial charge < -0.3 is 5.32 Å². The van der Waals surface area contributed by atoms with Crippen molar-refractivity contribution in [2.24, 2.45) is 0 Å². The molecule has 1 aromatic heterocycles. The molecular formula is C24H14Br2N2OS. The molecule has 0 aliphatic carbocycles. The highest BCUT2D eigenvalue weighted by Gasteiger charge is 2.18. The maximum atomic E-state index is 13.3. The van der Waals surface area contributed by atoms with E-state index in [0.29, 0.717) is 11.3 Å². The summed E-state index contributed by atoms with van der Waals surface area (Å²) in [5.74, 6) is -0.155. The van der Waals surface area contributed by atoms with Gasteiger partial charge in [0.1, 0.15) is 5.01 Å². The Balaban J connectivity index is 1.61. The summed E-state index contributed by atoms with van der Waals surface area (Å²) in [6, 6.07) is 25.6. The highest BCUT2D eigenvalue weighted by molar-refractivity contribution is 9.11. The molecule has 1 heterocycles. The molecule has 0 atom stereocenters. The second-order valence-electron chi connectivity index (χ2n) is 6.78. The number of carbonyl (C=O) groups is 1. The van der Waals surface area contributed by atoms with Crippen LogP contribution < -0.4 is 5.32 Å². The largest absolute Gasteiger partial charge is 0.320 e. The van der Waals surface area contributed by atoms with Crippen LogP contribution in [0.2, 0.25) is 0 Å². The van der Waals surface area contributed by atoms with Crippen LogP contribution in [0, 0.1) is 0 Å². The summed E-state index contributed by atoms with van der Waals surface area (Å²) in [4.78, 5) is 18.0. The van der Waals surface area contributed by atoms with Crippen LogP contribution in [-0.2, 0) is 0 Å². The maximum Gasteiger partial charge on any atom is 0.256 e. The summed E-state index contributed by atoms with van der Waals surface area (Å²) in [5.41, 5.74) is 3.15. The number of rotatable bonds is 3. The zero-order chi connectivity index (χ0) is 20.7. The van der Waals surface area contributed by atoms with Gasteiger partial charge >= 0.3 is 0 Å². The van der Waals surface area contributed by atoms with Gasteiger partial charge in [-0.2, -0.15) is 0 Å². The summed E-state index contributed by atoms with van der Waals surface area (Å²) in [7, 11) is 0. The fourth-order valence-corrected chi connectivity index (χ4v) is 5.77.